The fourth-order valence-corrected chi connectivity index (χ4v) is 2.08. The zero-order chi connectivity index (χ0) is 12.1. The van der Waals surface area contributed by atoms with Crippen molar-refractivity contribution in [2.75, 3.05) is 0 Å². The highest BCUT2D eigenvalue weighted by atomic mass is 32.2. The molecule has 1 aliphatic carbocycles. The molecule has 17 heavy (non-hydrogen) atoms. The highest BCUT2D eigenvalue weighted by molar-refractivity contribution is 8.16. The zero-order valence-corrected chi connectivity index (χ0v) is 9.94. The zero-order valence-electron chi connectivity index (χ0n) is 9.13. The van der Waals surface area contributed by atoms with Gasteiger partial charge >= 0.3 is 0 Å². The Kier molecular flexibility index (Phi) is 3.88. The maximum absolute atomic E-state index is 10.7. The van der Waals surface area contributed by atoms with Crippen LogP contribution >= 0.6 is 11.8 Å². The van der Waals surface area contributed by atoms with Gasteiger partial charge in [-0.25, -0.2) is 0 Å². The predicted octanol–water partition coefficient (Wildman–Crippen LogP) is 2.50. The molecule has 0 saturated heterocycles. The Labute approximate surface area is 104 Å². The SMILES string of the molecule is O=CS/C(C=O)=C/c1cnc2c(c1)C=CCC2. The molecule has 1 aromatic rings. The number of thioether (sulfide) groups is 1. The van der Waals surface area contributed by atoms with Crippen LogP contribution in [0.25, 0.3) is 12.2 Å². The lowest BCUT2D eigenvalue weighted by atomic mass is 10.0. The van der Waals surface area contributed by atoms with Crippen molar-refractivity contribution in [1.82, 2.24) is 4.98 Å². The number of pyridine rings is 1. The van der Waals surface area contributed by atoms with Gasteiger partial charge in [-0.1, -0.05) is 23.9 Å². The highest BCUT2D eigenvalue weighted by Gasteiger charge is 2.06. The van der Waals surface area contributed by atoms with Crippen LogP contribution in [0.5, 0.6) is 0 Å². The van der Waals surface area contributed by atoms with Crippen LogP contribution in [-0.2, 0) is 16.0 Å². The Hall–Kier alpha value is -1.68. The van der Waals surface area contributed by atoms with Crippen LogP contribution in [0.1, 0.15) is 23.2 Å². The lowest BCUT2D eigenvalue weighted by Crippen LogP contribution is -1.98. The molecule has 0 atom stereocenters. The van der Waals surface area contributed by atoms with E-state index in [1.807, 2.05) is 12.1 Å². The third-order valence-corrected chi connectivity index (χ3v) is 3.06. The molecule has 0 aliphatic heterocycles. The molecular weight excluding hydrogens is 234 g/mol. The Morgan fingerprint density at radius 2 is 2.29 bits per heavy atom. The lowest BCUT2D eigenvalue weighted by molar-refractivity contribution is -0.104. The van der Waals surface area contributed by atoms with Crippen molar-refractivity contribution in [2.24, 2.45) is 0 Å². The van der Waals surface area contributed by atoms with E-state index >= 15 is 0 Å². The smallest absolute Gasteiger partial charge is 0.181 e. The van der Waals surface area contributed by atoms with Crippen molar-refractivity contribution in [2.45, 2.75) is 12.8 Å². The van der Waals surface area contributed by atoms with Crippen molar-refractivity contribution < 1.29 is 9.59 Å². The van der Waals surface area contributed by atoms with Gasteiger partial charge in [-0.3, -0.25) is 14.6 Å². The van der Waals surface area contributed by atoms with Gasteiger partial charge < -0.3 is 0 Å². The summed E-state index contributed by atoms with van der Waals surface area (Å²) in [5.41, 5.74) is 3.66. The maximum Gasteiger partial charge on any atom is 0.181 e. The summed E-state index contributed by atoms with van der Waals surface area (Å²) in [7, 11) is 0. The Morgan fingerprint density at radius 1 is 1.41 bits per heavy atom. The summed E-state index contributed by atoms with van der Waals surface area (Å²) in [4.78, 5) is 25.8. The van der Waals surface area contributed by atoms with Crippen LogP contribution < -0.4 is 0 Å². The van der Waals surface area contributed by atoms with E-state index < -0.39 is 0 Å². The average Bonchev–Trinajstić information content (AvgIpc) is 2.38. The number of nitrogens with zero attached hydrogens (tertiary/aromatic N) is 1. The predicted molar refractivity (Wildman–Crippen MR) is 70.0 cm³/mol. The summed E-state index contributed by atoms with van der Waals surface area (Å²) in [6.45, 7) is 0. The molecule has 0 saturated carbocycles. The van der Waals surface area contributed by atoms with Gasteiger partial charge in [0.25, 0.3) is 0 Å². The topological polar surface area (TPSA) is 47.0 Å². The van der Waals surface area contributed by atoms with Gasteiger partial charge in [0, 0.05) is 11.9 Å². The molecule has 0 spiro atoms. The standard InChI is InChI=1S/C13H11NO2S/c15-8-12(17-9-16)6-10-5-11-3-1-2-4-13(11)14-7-10/h1,3,5-9H,2,4H2/b12-6+. The van der Waals surface area contributed by atoms with Gasteiger partial charge in [0.1, 0.15) is 0 Å². The molecule has 0 radical (unpaired) electrons. The van der Waals surface area contributed by atoms with Gasteiger partial charge in [0.05, 0.1) is 4.91 Å². The molecule has 1 heterocycles. The summed E-state index contributed by atoms with van der Waals surface area (Å²) in [6.07, 6.45) is 10.2. The number of aryl methyl sites for hydroxylation is 1. The minimum absolute atomic E-state index is 0.390. The van der Waals surface area contributed by atoms with Gasteiger partial charge in [-0.15, -0.1) is 0 Å². The van der Waals surface area contributed by atoms with Gasteiger partial charge in [-0.2, -0.15) is 0 Å². The van der Waals surface area contributed by atoms with E-state index in [1.54, 1.807) is 12.3 Å². The van der Waals surface area contributed by atoms with Gasteiger partial charge in [-0.05, 0) is 36.1 Å². The molecule has 0 aromatic carbocycles. The number of hydrogen-bond acceptors (Lipinski definition) is 4. The van der Waals surface area contributed by atoms with Crippen molar-refractivity contribution in [3.8, 4) is 0 Å². The third kappa shape index (κ3) is 2.91. The van der Waals surface area contributed by atoms with Crippen molar-refractivity contribution >= 4 is 35.8 Å². The maximum atomic E-state index is 10.7. The van der Waals surface area contributed by atoms with E-state index in [4.69, 9.17) is 0 Å². The number of carbonyl (C=O) groups is 2. The normalized spacial score (nSPS) is 14.2. The second kappa shape index (κ2) is 5.59. The summed E-state index contributed by atoms with van der Waals surface area (Å²) >= 11 is 0.875. The molecule has 1 aromatic heterocycles. The second-order valence-electron chi connectivity index (χ2n) is 3.62. The third-order valence-electron chi connectivity index (χ3n) is 2.48. The molecule has 0 amide bonds. The minimum atomic E-state index is 0.390. The highest BCUT2D eigenvalue weighted by Crippen LogP contribution is 2.20. The first-order chi connectivity index (χ1) is 8.33. The number of fused-ring (bicyclic) bond motifs is 1. The Morgan fingerprint density at radius 3 is 3.06 bits per heavy atom. The molecule has 2 rings (SSSR count). The van der Waals surface area contributed by atoms with E-state index in [-0.39, 0.29) is 0 Å². The molecule has 3 nitrogen and oxygen atoms in total. The van der Waals surface area contributed by atoms with Crippen molar-refractivity contribution in [3.63, 3.8) is 0 Å². The van der Waals surface area contributed by atoms with Crippen molar-refractivity contribution in [1.29, 1.82) is 0 Å². The summed E-state index contributed by atoms with van der Waals surface area (Å²) < 4.78 is 0. The van der Waals surface area contributed by atoms with Crippen molar-refractivity contribution in [3.05, 3.63) is 40.1 Å². The summed E-state index contributed by atoms with van der Waals surface area (Å²) in [5.74, 6) is 0. The van der Waals surface area contributed by atoms with E-state index in [0.717, 1.165) is 41.4 Å². The van der Waals surface area contributed by atoms with E-state index in [1.165, 1.54) is 0 Å². The Bertz CT molecular complexity index is 506. The van der Waals surface area contributed by atoms with E-state index in [0.29, 0.717) is 16.8 Å². The number of rotatable bonds is 4. The number of carbonyl (C=O) groups excluding carboxylic acids is 2. The average molecular weight is 245 g/mol. The first-order valence-corrected chi connectivity index (χ1v) is 6.14. The first kappa shape index (κ1) is 11.8. The van der Waals surface area contributed by atoms with Gasteiger partial charge in [0.2, 0.25) is 0 Å². The summed E-state index contributed by atoms with van der Waals surface area (Å²) in [5, 5.41) is 0. The second-order valence-corrected chi connectivity index (χ2v) is 4.52. The van der Waals surface area contributed by atoms with E-state index in [9.17, 15) is 9.59 Å². The minimum Gasteiger partial charge on any atom is -0.297 e. The molecule has 0 N–H and O–H groups in total. The van der Waals surface area contributed by atoms with Crippen LogP contribution in [0.4, 0.5) is 0 Å². The monoisotopic (exact) mass is 245 g/mol. The molecule has 0 fully saturated rings. The van der Waals surface area contributed by atoms with Gasteiger partial charge in [0.15, 0.2) is 11.9 Å². The molecule has 0 unspecified atom stereocenters. The molecule has 0 bridgehead atoms. The first-order valence-electron chi connectivity index (χ1n) is 5.26. The number of allylic oxidation sites excluding steroid dienone is 2. The largest absolute Gasteiger partial charge is 0.297 e. The lowest BCUT2D eigenvalue weighted by Gasteiger charge is -2.09. The van der Waals surface area contributed by atoms with Crippen LogP contribution in [0.2, 0.25) is 0 Å². The van der Waals surface area contributed by atoms with Crippen LogP contribution in [0, 0.1) is 0 Å². The van der Waals surface area contributed by atoms with E-state index in [2.05, 4.69) is 11.1 Å². The quantitative estimate of drug-likeness (QED) is 0.604. The molecular formula is C13H11NO2S. The number of aromatic nitrogens is 1. The molecule has 1 aliphatic rings. The summed E-state index contributed by atoms with van der Waals surface area (Å²) in [6, 6.07) is 1.98. The number of hydrogen-bond donors (Lipinski definition) is 0. The van der Waals surface area contributed by atoms with Crippen LogP contribution in [0.15, 0.2) is 23.2 Å². The molecule has 4 heteroatoms. The number of aldehydes is 1. The fraction of sp³-hybridized carbons (Fsp3) is 0.154. The van der Waals surface area contributed by atoms with Crippen LogP contribution in [-0.4, -0.2) is 16.9 Å². The Balaban J connectivity index is 2.31. The van der Waals surface area contributed by atoms with Crippen LogP contribution in [0.3, 0.4) is 0 Å². The molecule has 86 valence electrons. The fourth-order valence-electron chi connectivity index (χ4n) is 1.71.